The van der Waals surface area contributed by atoms with Gasteiger partial charge in [-0.3, -0.25) is 9.78 Å². The first-order valence-electron chi connectivity index (χ1n) is 9.95. The number of sulfone groups is 1. The van der Waals surface area contributed by atoms with Crippen molar-refractivity contribution in [2.45, 2.75) is 18.7 Å². The Kier molecular flexibility index (Phi) is 6.58. The lowest BCUT2D eigenvalue weighted by Crippen LogP contribution is -2.33. The zero-order valence-corrected chi connectivity index (χ0v) is 20.1. The smallest absolute Gasteiger partial charge is 0.272 e. The van der Waals surface area contributed by atoms with Gasteiger partial charge < -0.3 is 9.64 Å². The Morgan fingerprint density at radius 2 is 2.06 bits per heavy atom. The Hall–Kier alpha value is -2.05. The molecule has 3 heterocycles. The van der Waals surface area contributed by atoms with Crippen LogP contribution in [0.2, 0.25) is 0 Å². The molecule has 0 saturated carbocycles. The zero-order valence-electron chi connectivity index (χ0n) is 17.1. The van der Waals surface area contributed by atoms with Gasteiger partial charge in [0.05, 0.1) is 17.8 Å². The molecule has 3 aromatic rings. The van der Waals surface area contributed by atoms with Crippen molar-refractivity contribution in [3.05, 3.63) is 57.1 Å². The molecule has 0 N–H and O–H groups in total. The monoisotopic (exact) mass is 554 g/mol. The highest BCUT2D eigenvalue weighted by molar-refractivity contribution is 14.1. The molecule has 0 spiro atoms. The number of halogens is 1. The second-order valence-electron chi connectivity index (χ2n) is 7.65. The average molecular weight is 554 g/mol. The van der Waals surface area contributed by atoms with Crippen LogP contribution in [0.3, 0.4) is 0 Å². The van der Waals surface area contributed by atoms with Gasteiger partial charge in [0.25, 0.3) is 5.91 Å². The summed E-state index contributed by atoms with van der Waals surface area (Å²) in [6.45, 7) is 2.26. The summed E-state index contributed by atoms with van der Waals surface area (Å²) >= 11 is 2.26. The fourth-order valence-corrected chi connectivity index (χ4v) is 4.90. The Morgan fingerprint density at radius 1 is 1.23 bits per heavy atom. The molecular weight excluding hydrogens is 531 g/mol. The summed E-state index contributed by atoms with van der Waals surface area (Å²) in [6.07, 6.45) is 4.12. The number of hydrogen-bond donors (Lipinski definition) is 0. The van der Waals surface area contributed by atoms with E-state index in [2.05, 4.69) is 38.7 Å². The maximum Gasteiger partial charge on any atom is 0.272 e. The van der Waals surface area contributed by atoms with Crippen LogP contribution in [0.25, 0.3) is 10.9 Å². The first kappa shape index (κ1) is 22.2. The molecule has 0 aliphatic carbocycles. The Balaban J connectivity index is 1.73. The van der Waals surface area contributed by atoms with Crippen molar-refractivity contribution >= 4 is 49.2 Å². The van der Waals surface area contributed by atoms with Crippen LogP contribution < -0.4 is 0 Å². The fourth-order valence-electron chi connectivity index (χ4n) is 3.65. The third kappa shape index (κ3) is 5.42. The van der Waals surface area contributed by atoms with E-state index in [1.54, 1.807) is 17.2 Å². The lowest BCUT2D eigenvalue weighted by Gasteiger charge is -2.19. The van der Waals surface area contributed by atoms with E-state index in [4.69, 9.17) is 4.74 Å². The van der Waals surface area contributed by atoms with Crippen LogP contribution in [0.1, 0.15) is 28.2 Å². The Morgan fingerprint density at radius 3 is 2.84 bits per heavy atom. The fraction of sp³-hybridized carbons (Fsp3) is 0.381. The molecule has 164 valence electrons. The van der Waals surface area contributed by atoms with Gasteiger partial charge in [-0.1, -0.05) is 12.1 Å². The van der Waals surface area contributed by atoms with Gasteiger partial charge in [0, 0.05) is 47.5 Å². The van der Waals surface area contributed by atoms with E-state index in [0.29, 0.717) is 38.2 Å². The largest absolute Gasteiger partial charge is 0.380 e. The molecule has 0 radical (unpaired) electrons. The number of ether oxygens (including phenoxy) is 1. The number of amides is 1. The SMILES string of the molecule is CS(=O)(=O)Cn1nc(Cc2cccc(I)c2)c2cnc(C(=O)N3CCCOCC3)cc21. The lowest BCUT2D eigenvalue weighted by atomic mass is 10.1. The standard InChI is InChI=1S/C21H23IN4O4S/c1-31(28,29)14-26-20-12-19(21(27)25-6-3-8-30-9-7-25)23-13-17(20)18(24-26)11-15-4-2-5-16(22)10-15/h2,4-5,10,12-13H,3,6-9,11,14H2,1H3. The van der Waals surface area contributed by atoms with E-state index < -0.39 is 9.84 Å². The van der Waals surface area contributed by atoms with Gasteiger partial charge in [0.1, 0.15) is 11.6 Å². The topological polar surface area (TPSA) is 94.4 Å². The van der Waals surface area contributed by atoms with E-state index in [-0.39, 0.29) is 17.5 Å². The number of carbonyl (C=O) groups is 1. The van der Waals surface area contributed by atoms with Crippen LogP contribution in [0.4, 0.5) is 0 Å². The van der Waals surface area contributed by atoms with E-state index >= 15 is 0 Å². The van der Waals surface area contributed by atoms with E-state index in [1.165, 1.54) is 10.9 Å². The molecule has 1 aromatic carbocycles. The van der Waals surface area contributed by atoms with Crippen molar-refractivity contribution in [2.75, 3.05) is 32.6 Å². The number of hydrogen-bond acceptors (Lipinski definition) is 6. The van der Waals surface area contributed by atoms with Gasteiger partial charge in [-0.05, 0) is 52.8 Å². The Labute approximate surface area is 194 Å². The predicted molar refractivity (Wildman–Crippen MR) is 126 cm³/mol. The third-order valence-electron chi connectivity index (χ3n) is 5.06. The quantitative estimate of drug-likeness (QED) is 0.450. The summed E-state index contributed by atoms with van der Waals surface area (Å²) in [5, 5.41) is 5.33. The molecule has 1 amide bonds. The molecule has 1 aliphatic rings. The molecule has 1 saturated heterocycles. The van der Waals surface area contributed by atoms with Gasteiger partial charge in [0.2, 0.25) is 0 Å². The van der Waals surface area contributed by atoms with Crippen molar-refractivity contribution < 1.29 is 17.9 Å². The minimum atomic E-state index is -3.33. The van der Waals surface area contributed by atoms with Crippen LogP contribution in [0.5, 0.6) is 0 Å². The van der Waals surface area contributed by atoms with Crippen molar-refractivity contribution in [1.82, 2.24) is 19.7 Å². The molecule has 1 aliphatic heterocycles. The minimum Gasteiger partial charge on any atom is -0.380 e. The van der Waals surface area contributed by atoms with Crippen molar-refractivity contribution in [1.29, 1.82) is 0 Å². The van der Waals surface area contributed by atoms with Crippen LogP contribution in [0, 0.1) is 3.57 Å². The third-order valence-corrected chi connectivity index (χ3v) is 6.44. The predicted octanol–water partition coefficient (Wildman–Crippen LogP) is 2.49. The molecule has 2 aromatic heterocycles. The molecular formula is C21H23IN4O4S. The highest BCUT2D eigenvalue weighted by atomic mass is 127. The first-order valence-corrected chi connectivity index (χ1v) is 13.1. The maximum absolute atomic E-state index is 13.0. The van der Waals surface area contributed by atoms with E-state index in [0.717, 1.165) is 26.6 Å². The van der Waals surface area contributed by atoms with Crippen molar-refractivity contribution in [3.63, 3.8) is 0 Å². The minimum absolute atomic E-state index is 0.182. The summed E-state index contributed by atoms with van der Waals surface area (Å²) in [7, 11) is -3.33. The summed E-state index contributed by atoms with van der Waals surface area (Å²) in [4.78, 5) is 19.1. The second kappa shape index (κ2) is 9.21. The molecule has 31 heavy (non-hydrogen) atoms. The van der Waals surface area contributed by atoms with E-state index in [9.17, 15) is 13.2 Å². The van der Waals surface area contributed by atoms with Gasteiger partial charge in [-0.15, -0.1) is 0 Å². The number of rotatable bonds is 5. The van der Waals surface area contributed by atoms with Gasteiger partial charge in [-0.2, -0.15) is 5.10 Å². The van der Waals surface area contributed by atoms with Gasteiger partial charge in [-0.25, -0.2) is 13.1 Å². The van der Waals surface area contributed by atoms with Crippen LogP contribution in [0.15, 0.2) is 36.5 Å². The van der Waals surface area contributed by atoms with E-state index in [1.807, 2.05) is 18.2 Å². The summed E-state index contributed by atoms with van der Waals surface area (Å²) < 4.78 is 32.0. The second-order valence-corrected chi connectivity index (χ2v) is 11.0. The van der Waals surface area contributed by atoms with Crippen LogP contribution in [-0.4, -0.2) is 66.5 Å². The number of nitrogens with zero attached hydrogens (tertiary/aromatic N) is 4. The van der Waals surface area contributed by atoms with Crippen molar-refractivity contribution in [2.24, 2.45) is 0 Å². The summed E-state index contributed by atoms with van der Waals surface area (Å²) in [5.74, 6) is -0.441. The number of aromatic nitrogens is 3. The molecule has 0 bridgehead atoms. The highest BCUT2D eigenvalue weighted by Crippen LogP contribution is 2.23. The highest BCUT2D eigenvalue weighted by Gasteiger charge is 2.22. The molecule has 8 nitrogen and oxygen atoms in total. The first-order chi connectivity index (χ1) is 14.8. The molecule has 0 atom stereocenters. The maximum atomic E-state index is 13.0. The van der Waals surface area contributed by atoms with Crippen molar-refractivity contribution in [3.8, 4) is 0 Å². The zero-order chi connectivity index (χ0) is 22.0. The normalized spacial score (nSPS) is 15.2. The van der Waals surface area contributed by atoms with Crippen LogP contribution in [-0.2, 0) is 26.9 Å². The van der Waals surface area contributed by atoms with Gasteiger partial charge >= 0.3 is 0 Å². The Bertz CT molecular complexity index is 1220. The number of fused-ring (bicyclic) bond motifs is 1. The molecule has 1 fully saturated rings. The molecule has 0 unspecified atom stereocenters. The summed E-state index contributed by atoms with van der Waals surface area (Å²) in [6, 6.07) is 9.72. The van der Waals surface area contributed by atoms with Gasteiger partial charge in [0.15, 0.2) is 9.84 Å². The number of benzene rings is 1. The number of carbonyl (C=O) groups excluding carboxylic acids is 1. The lowest BCUT2D eigenvalue weighted by molar-refractivity contribution is 0.0735. The summed E-state index contributed by atoms with van der Waals surface area (Å²) in [5.41, 5.74) is 2.68. The molecule has 10 heteroatoms. The molecule has 4 rings (SSSR count). The average Bonchev–Trinajstić information content (AvgIpc) is 2.89. The number of pyridine rings is 1. The van der Waals surface area contributed by atoms with Crippen LogP contribution >= 0.6 is 22.6 Å².